The number of nitrogens with one attached hydrogen (secondary N) is 1. The van der Waals surface area contributed by atoms with E-state index in [4.69, 9.17) is 0 Å². The van der Waals surface area contributed by atoms with Crippen molar-refractivity contribution >= 4 is 27.3 Å². The summed E-state index contributed by atoms with van der Waals surface area (Å²) in [6.45, 7) is 7.54. The first-order valence-corrected chi connectivity index (χ1v) is 8.33. The summed E-state index contributed by atoms with van der Waals surface area (Å²) in [5, 5.41) is 5.92. The predicted octanol–water partition coefficient (Wildman–Crippen LogP) is 5.22. The van der Waals surface area contributed by atoms with E-state index in [-0.39, 0.29) is 0 Å². The normalized spacial score (nSPS) is 12.6. The van der Waals surface area contributed by atoms with Crippen LogP contribution in [0.4, 0.5) is 0 Å². The van der Waals surface area contributed by atoms with Gasteiger partial charge in [-0.3, -0.25) is 0 Å². The Balaban J connectivity index is 2.36. The van der Waals surface area contributed by atoms with Gasteiger partial charge >= 0.3 is 0 Å². The maximum absolute atomic E-state index is 3.66. The summed E-state index contributed by atoms with van der Waals surface area (Å²) in [6.07, 6.45) is 1.15. The highest BCUT2D eigenvalue weighted by Gasteiger charge is 2.15. The Hall–Kier alpha value is -0.640. The third kappa shape index (κ3) is 3.91. The Labute approximate surface area is 128 Å². The van der Waals surface area contributed by atoms with Crippen molar-refractivity contribution in [1.82, 2.24) is 5.32 Å². The molecule has 0 aliphatic heterocycles. The first-order chi connectivity index (χ1) is 9.10. The van der Waals surface area contributed by atoms with Gasteiger partial charge in [-0.2, -0.15) is 0 Å². The first-order valence-electron chi connectivity index (χ1n) is 6.65. The van der Waals surface area contributed by atoms with Gasteiger partial charge in [-0.25, -0.2) is 0 Å². The highest BCUT2D eigenvalue weighted by Crippen LogP contribution is 2.29. The van der Waals surface area contributed by atoms with Crippen LogP contribution >= 0.6 is 27.3 Å². The van der Waals surface area contributed by atoms with E-state index in [1.807, 2.05) is 11.3 Å². The fraction of sp³-hybridized carbons (Fsp3) is 0.375. The molecule has 1 N–H and O–H groups in total. The average molecular weight is 338 g/mol. The maximum atomic E-state index is 3.66. The van der Waals surface area contributed by atoms with Gasteiger partial charge in [-0.15, -0.1) is 11.3 Å². The van der Waals surface area contributed by atoms with Crippen LogP contribution in [0.15, 0.2) is 34.1 Å². The van der Waals surface area contributed by atoms with E-state index in [9.17, 15) is 0 Å². The van der Waals surface area contributed by atoms with Crippen molar-refractivity contribution in [1.29, 1.82) is 0 Å². The number of thiophene rings is 1. The van der Waals surface area contributed by atoms with Crippen molar-refractivity contribution in [2.45, 2.75) is 33.2 Å². The highest BCUT2D eigenvalue weighted by atomic mass is 79.9. The molecule has 1 aromatic carbocycles. The maximum Gasteiger partial charge on any atom is 0.0585 e. The molecule has 1 heterocycles. The van der Waals surface area contributed by atoms with Crippen molar-refractivity contribution in [3.05, 3.63) is 55.7 Å². The Morgan fingerprint density at radius 2 is 1.95 bits per heavy atom. The van der Waals surface area contributed by atoms with E-state index in [2.05, 4.69) is 71.7 Å². The van der Waals surface area contributed by atoms with Crippen LogP contribution in [0.2, 0.25) is 0 Å². The minimum atomic E-state index is 0.293. The second-order valence-corrected chi connectivity index (χ2v) is 6.97. The van der Waals surface area contributed by atoms with Crippen LogP contribution in [0.25, 0.3) is 0 Å². The van der Waals surface area contributed by atoms with Crippen LogP contribution < -0.4 is 5.32 Å². The lowest BCUT2D eigenvalue weighted by molar-refractivity contribution is 0.599. The third-order valence-corrected chi connectivity index (χ3v) is 4.42. The molecule has 0 saturated carbocycles. The molecular weight excluding hydrogens is 318 g/mol. The molecule has 1 nitrogen and oxygen atoms in total. The zero-order valence-corrected chi connectivity index (χ0v) is 14.1. The largest absolute Gasteiger partial charge is 0.306 e. The molecule has 19 heavy (non-hydrogen) atoms. The van der Waals surface area contributed by atoms with Crippen LogP contribution in [0.1, 0.15) is 41.0 Å². The molecule has 0 bridgehead atoms. The molecule has 1 aromatic heterocycles. The Kier molecular flexibility index (Phi) is 5.20. The summed E-state index contributed by atoms with van der Waals surface area (Å²) in [5.74, 6) is 0. The van der Waals surface area contributed by atoms with Gasteiger partial charge in [0.05, 0.1) is 6.04 Å². The molecule has 0 amide bonds. The van der Waals surface area contributed by atoms with E-state index >= 15 is 0 Å². The van der Waals surface area contributed by atoms with Gasteiger partial charge in [0, 0.05) is 9.35 Å². The SMILES string of the molecule is CCCNC(c1cc(C)cc(Br)c1)c1csc(C)c1. The lowest BCUT2D eigenvalue weighted by Gasteiger charge is -2.19. The summed E-state index contributed by atoms with van der Waals surface area (Å²) < 4.78 is 1.15. The quantitative estimate of drug-likeness (QED) is 0.788. The second kappa shape index (κ2) is 6.69. The number of rotatable bonds is 5. The summed E-state index contributed by atoms with van der Waals surface area (Å²) in [6, 6.07) is 9.22. The Morgan fingerprint density at radius 1 is 1.16 bits per heavy atom. The van der Waals surface area contributed by atoms with Crippen molar-refractivity contribution < 1.29 is 0 Å². The molecule has 1 unspecified atom stereocenters. The van der Waals surface area contributed by atoms with Crippen LogP contribution in [0, 0.1) is 13.8 Å². The third-order valence-electron chi connectivity index (χ3n) is 3.08. The fourth-order valence-corrected chi connectivity index (χ4v) is 3.62. The molecule has 0 radical (unpaired) electrons. The lowest BCUT2D eigenvalue weighted by atomic mass is 9.99. The summed E-state index contributed by atoms with van der Waals surface area (Å²) in [5.41, 5.74) is 3.99. The van der Waals surface area contributed by atoms with E-state index in [0.29, 0.717) is 6.04 Å². The van der Waals surface area contributed by atoms with Gasteiger partial charge in [-0.1, -0.05) is 28.9 Å². The molecule has 0 spiro atoms. The number of halogens is 1. The van der Waals surface area contributed by atoms with E-state index in [1.165, 1.54) is 21.6 Å². The molecule has 0 aliphatic rings. The van der Waals surface area contributed by atoms with Crippen LogP contribution in [-0.4, -0.2) is 6.54 Å². The summed E-state index contributed by atoms with van der Waals surface area (Å²) >= 11 is 5.42. The van der Waals surface area contributed by atoms with Gasteiger partial charge in [0.2, 0.25) is 0 Å². The first kappa shape index (κ1) is 14.8. The number of benzene rings is 1. The van der Waals surface area contributed by atoms with Gasteiger partial charge in [0.15, 0.2) is 0 Å². The minimum absolute atomic E-state index is 0.293. The molecule has 0 saturated heterocycles. The molecule has 0 aliphatic carbocycles. The van der Waals surface area contributed by atoms with E-state index in [1.54, 1.807) is 0 Å². The number of aryl methyl sites for hydroxylation is 2. The number of hydrogen-bond acceptors (Lipinski definition) is 2. The van der Waals surface area contributed by atoms with E-state index in [0.717, 1.165) is 17.4 Å². The standard InChI is InChI=1S/C16H20BrNS/c1-4-5-18-16(14-8-12(3)19-10-14)13-6-11(2)7-15(17)9-13/h6-10,16,18H,4-5H2,1-3H3. The van der Waals surface area contributed by atoms with Crippen molar-refractivity contribution in [3.8, 4) is 0 Å². The zero-order valence-electron chi connectivity index (χ0n) is 11.7. The molecule has 3 heteroatoms. The molecular formula is C16H20BrNS. The van der Waals surface area contributed by atoms with Gasteiger partial charge in [0.1, 0.15) is 0 Å². The molecule has 2 rings (SSSR count). The monoisotopic (exact) mass is 337 g/mol. The average Bonchev–Trinajstić information content (AvgIpc) is 2.75. The van der Waals surface area contributed by atoms with Gasteiger partial charge < -0.3 is 5.32 Å². The van der Waals surface area contributed by atoms with Crippen LogP contribution in [-0.2, 0) is 0 Å². The van der Waals surface area contributed by atoms with Crippen LogP contribution in [0.3, 0.4) is 0 Å². The van der Waals surface area contributed by atoms with E-state index < -0.39 is 0 Å². The Morgan fingerprint density at radius 3 is 2.53 bits per heavy atom. The van der Waals surface area contributed by atoms with Gasteiger partial charge in [-0.05, 0) is 67.1 Å². The van der Waals surface area contributed by atoms with Crippen LogP contribution in [0.5, 0.6) is 0 Å². The summed E-state index contributed by atoms with van der Waals surface area (Å²) in [4.78, 5) is 1.37. The van der Waals surface area contributed by atoms with Crippen molar-refractivity contribution in [2.75, 3.05) is 6.54 Å². The minimum Gasteiger partial charge on any atom is -0.306 e. The Bertz CT molecular complexity index is 527. The zero-order chi connectivity index (χ0) is 13.8. The fourth-order valence-electron chi connectivity index (χ4n) is 2.26. The predicted molar refractivity (Wildman–Crippen MR) is 88.1 cm³/mol. The molecule has 2 aromatic rings. The smallest absolute Gasteiger partial charge is 0.0585 e. The number of hydrogen-bond donors (Lipinski definition) is 1. The van der Waals surface area contributed by atoms with Crippen molar-refractivity contribution in [2.24, 2.45) is 0 Å². The highest BCUT2D eigenvalue weighted by molar-refractivity contribution is 9.10. The van der Waals surface area contributed by atoms with Crippen molar-refractivity contribution in [3.63, 3.8) is 0 Å². The molecule has 0 fully saturated rings. The van der Waals surface area contributed by atoms with Gasteiger partial charge in [0.25, 0.3) is 0 Å². The topological polar surface area (TPSA) is 12.0 Å². The molecule has 1 atom stereocenters. The summed E-state index contributed by atoms with van der Waals surface area (Å²) in [7, 11) is 0. The molecule has 102 valence electrons. The second-order valence-electron chi connectivity index (χ2n) is 4.94. The lowest BCUT2D eigenvalue weighted by Crippen LogP contribution is -2.22.